The second-order valence-electron chi connectivity index (χ2n) is 8.73. The van der Waals surface area contributed by atoms with Crippen molar-refractivity contribution in [3.63, 3.8) is 0 Å². The molecule has 142 valence electrons. The monoisotopic (exact) mass is 390 g/mol. The molecular formula is C23H23ClN4. The molecule has 5 heteroatoms. The van der Waals surface area contributed by atoms with Gasteiger partial charge in [0.15, 0.2) is 5.41 Å². The van der Waals surface area contributed by atoms with Gasteiger partial charge >= 0.3 is 0 Å². The number of benzene rings is 1. The Labute approximate surface area is 171 Å². The van der Waals surface area contributed by atoms with Crippen molar-refractivity contribution in [2.24, 2.45) is 28.4 Å². The second-order valence-corrected chi connectivity index (χ2v) is 9.14. The molecule has 2 aliphatic rings. The smallest absolute Gasteiger partial charge is 0.191 e. The van der Waals surface area contributed by atoms with Gasteiger partial charge in [0, 0.05) is 10.9 Å². The third-order valence-corrected chi connectivity index (χ3v) is 6.69. The summed E-state index contributed by atoms with van der Waals surface area (Å²) in [4.78, 5) is 0. The van der Waals surface area contributed by atoms with Gasteiger partial charge in [-0.1, -0.05) is 56.6 Å². The van der Waals surface area contributed by atoms with Crippen LogP contribution in [-0.4, -0.2) is 0 Å². The first-order chi connectivity index (χ1) is 13.2. The fourth-order valence-corrected chi connectivity index (χ4v) is 4.92. The first kappa shape index (κ1) is 20.0. The third kappa shape index (κ3) is 2.88. The molecule has 1 aromatic carbocycles. The normalized spacial score (nSPS) is 26.3. The van der Waals surface area contributed by atoms with Crippen LogP contribution in [0, 0.1) is 56.7 Å². The molecule has 3 rings (SSSR count). The first-order valence-corrected chi connectivity index (χ1v) is 9.76. The maximum Gasteiger partial charge on any atom is 0.191 e. The van der Waals surface area contributed by atoms with Crippen LogP contribution in [0.15, 0.2) is 47.2 Å². The molecule has 0 unspecified atom stereocenters. The molecule has 1 aromatic rings. The van der Waals surface area contributed by atoms with Crippen LogP contribution < -0.4 is 5.73 Å². The second kappa shape index (κ2) is 7.01. The van der Waals surface area contributed by atoms with Gasteiger partial charge in [0.2, 0.25) is 0 Å². The molecule has 0 fully saturated rings. The molecule has 3 atom stereocenters. The van der Waals surface area contributed by atoms with E-state index in [9.17, 15) is 15.8 Å². The molecule has 2 N–H and O–H groups in total. The Morgan fingerprint density at radius 3 is 2.32 bits per heavy atom. The van der Waals surface area contributed by atoms with Crippen molar-refractivity contribution in [3.8, 4) is 18.2 Å². The van der Waals surface area contributed by atoms with Crippen molar-refractivity contribution in [2.45, 2.75) is 39.5 Å². The number of hydrogen-bond donors (Lipinski definition) is 1. The molecule has 28 heavy (non-hydrogen) atoms. The molecule has 0 saturated heterocycles. The van der Waals surface area contributed by atoms with E-state index in [4.69, 9.17) is 17.3 Å². The minimum absolute atomic E-state index is 0.0432. The summed E-state index contributed by atoms with van der Waals surface area (Å²) in [7, 11) is 0. The summed E-state index contributed by atoms with van der Waals surface area (Å²) < 4.78 is 0. The zero-order valence-corrected chi connectivity index (χ0v) is 17.1. The minimum atomic E-state index is -1.63. The predicted octanol–water partition coefficient (Wildman–Crippen LogP) is 5.21. The fourth-order valence-electron chi connectivity index (χ4n) is 4.67. The number of fused-ring (bicyclic) bond motifs is 1. The van der Waals surface area contributed by atoms with Crippen LogP contribution in [0.1, 0.15) is 45.1 Å². The van der Waals surface area contributed by atoms with E-state index in [1.165, 1.54) is 0 Å². The Kier molecular flexibility index (Phi) is 5.01. The Hall–Kier alpha value is -2.74. The topological polar surface area (TPSA) is 97.4 Å². The largest absolute Gasteiger partial charge is 0.399 e. The summed E-state index contributed by atoms with van der Waals surface area (Å²) in [5.74, 6) is -0.329. The minimum Gasteiger partial charge on any atom is -0.399 e. The summed E-state index contributed by atoms with van der Waals surface area (Å²) >= 11 is 6.51. The van der Waals surface area contributed by atoms with Crippen LogP contribution in [-0.2, 0) is 0 Å². The average Bonchev–Trinajstić information content (AvgIpc) is 2.67. The maximum absolute atomic E-state index is 10.1. The molecule has 0 spiro atoms. The zero-order chi connectivity index (χ0) is 20.7. The highest BCUT2D eigenvalue weighted by Gasteiger charge is 2.55. The van der Waals surface area contributed by atoms with Crippen molar-refractivity contribution < 1.29 is 0 Å². The van der Waals surface area contributed by atoms with E-state index >= 15 is 0 Å². The molecule has 0 heterocycles. The number of rotatable bonds is 1. The summed E-state index contributed by atoms with van der Waals surface area (Å²) in [6.07, 6.45) is 3.70. The van der Waals surface area contributed by atoms with Crippen molar-refractivity contribution in [2.75, 3.05) is 0 Å². The number of nitrogens with zero attached hydrogens (tertiary/aromatic N) is 3. The third-order valence-electron chi connectivity index (χ3n) is 6.34. The van der Waals surface area contributed by atoms with Crippen molar-refractivity contribution in [1.29, 1.82) is 15.8 Å². The number of hydrogen-bond acceptors (Lipinski definition) is 4. The van der Waals surface area contributed by atoms with Crippen LogP contribution in [0.5, 0.6) is 0 Å². The van der Waals surface area contributed by atoms with Crippen molar-refractivity contribution in [3.05, 3.63) is 57.8 Å². The molecular weight excluding hydrogens is 368 g/mol. The van der Waals surface area contributed by atoms with E-state index < -0.39 is 11.3 Å². The lowest BCUT2D eigenvalue weighted by Crippen LogP contribution is -2.44. The number of nitriles is 3. The van der Waals surface area contributed by atoms with Crippen LogP contribution in [0.4, 0.5) is 0 Å². The van der Waals surface area contributed by atoms with Crippen LogP contribution in [0.3, 0.4) is 0 Å². The van der Waals surface area contributed by atoms with Gasteiger partial charge in [0.1, 0.15) is 6.07 Å². The maximum atomic E-state index is 10.1. The van der Waals surface area contributed by atoms with E-state index in [0.29, 0.717) is 10.9 Å². The van der Waals surface area contributed by atoms with Gasteiger partial charge in [0.25, 0.3) is 0 Å². The zero-order valence-electron chi connectivity index (χ0n) is 16.3. The molecule has 0 amide bonds. The summed E-state index contributed by atoms with van der Waals surface area (Å²) in [6, 6.07) is 13.8. The van der Waals surface area contributed by atoms with Gasteiger partial charge in [-0.2, -0.15) is 15.8 Å². The van der Waals surface area contributed by atoms with E-state index in [1.54, 1.807) is 6.07 Å². The Bertz CT molecular complexity index is 977. The highest BCUT2D eigenvalue weighted by molar-refractivity contribution is 6.31. The lowest BCUT2D eigenvalue weighted by molar-refractivity contribution is 0.170. The lowest BCUT2D eigenvalue weighted by atomic mass is 9.54. The number of halogens is 1. The van der Waals surface area contributed by atoms with E-state index in [-0.39, 0.29) is 22.6 Å². The quantitative estimate of drug-likeness (QED) is 0.711. The molecule has 0 bridgehead atoms. The highest BCUT2D eigenvalue weighted by atomic mass is 35.5. The van der Waals surface area contributed by atoms with Gasteiger partial charge in [-0.15, -0.1) is 0 Å². The molecule has 0 aromatic heterocycles. The highest BCUT2D eigenvalue weighted by Crippen LogP contribution is 2.58. The van der Waals surface area contributed by atoms with E-state index in [0.717, 1.165) is 24.0 Å². The molecule has 2 aliphatic carbocycles. The van der Waals surface area contributed by atoms with Crippen LogP contribution in [0.25, 0.3) is 0 Å². The fraction of sp³-hybridized carbons (Fsp3) is 0.435. The molecule has 0 radical (unpaired) electrons. The van der Waals surface area contributed by atoms with Crippen LogP contribution >= 0.6 is 11.6 Å². The Morgan fingerprint density at radius 1 is 1.14 bits per heavy atom. The van der Waals surface area contributed by atoms with Crippen molar-refractivity contribution in [1.82, 2.24) is 0 Å². The summed E-state index contributed by atoms with van der Waals surface area (Å²) in [5, 5.41) is 30.5. The van der Waals surface area contributed by atoms with Crippen LogP contribution in [0.2, 0.25) is 5.02 Å². The van der Waals surface area contributed by atoms with E-state index in [1.807, 2.05) is 18.2 Å². The Balaban J connectivity index is 2.33. The number of nitrogens with two attached hydrogens (primary N) is 1. The molecule has 0 aliphatic heterocycles. The van der Waals surface area contributed by atoms with Gasteiger partial charge < -0.3 is 5.73 Å². The first-order valence-electron chi connectivity index (χ1n) is 9.39. The summed E-state index contributed by atoms with van der Waals surface area (Å²) in [5.41, 5.74) is 6.67. The average molecular weight is 391 g/mol. The molecule has 4 nitrogen and oxygen atoms in total. The predicted molar refractivity (Wildman–Crippen MR) is 108 cm³/mol. The van der Waals surface area contributed by atoms with Gasteiger partial charge in [0.05, 0.1) is 23.4 Å². The van der Waals surface area contributed by atoms with E-state index in [2.05, 4.69) is 45.1 Å². The van der Waals surface area contributed by atoms with Gasteiger partial charge in [-0.3, -0.25) is 0 Å². The van der Waals surface area contributed by atoms with Crippen molar-refractivity contribution >= 4 is 11.6 Å². The number of allylic oxidation sites excluding steroid dienone is 4. The SMILES string of the molecule is CC(C)(C)[C@@H]1CC=C2C(C#N)=C(N)C(C#N)(C#N)[C@H](c3ccccc3Cl)[C@@H]2C1. The lowest BCUT2D eigenvalue weighted by Gasteiger charge is -2.47. The molecule has 0 saturated carbocycles. The van der Waals surface area contributed by atoms with Gasteiger partial charge in [-0.25, -0.2) is 0 Å². The Morgan fingerprint density at radius 2 is 1.79 bits per heavy atom. The standard InChI is InChI=1S/C23H23ClN4/c1-22(2,3)14-8-9-15-17(10-14)20(16-6-4-5-7-19(16)24)23(12-26,13-27)21(28)18(15)11-25/h4-7,9,14,17,20H,8,10,28H2,1-3H3/t14-,17-,20-/m1/s1. The van der Waals surface area contributed by atoms with Gasteiger partial charge in [-0.05, 0) is 47.3 Å². The summed E-state index contributed by atoms with van der Waals surface area (Å²) in [6.45, 7) is 6.59.